The maximum atomic E-state index is 13.8. The minimum Gasteiger partial charge on any atom is -0.311 e. The lowest BCUT2D eigenvalue weighted by Crippen LogP contribution is -2.28. The zero-order chi connectivity index (χ0) is 18.5. The van der Waals surface area contributed by atoms with Crippen LogP contribution in [0.2, 0.25) is 0 Å². The summed E-state index contributed by atoms with van der Waals surface area (Å²) in [5, 5.41) is 0.0862. The van der Waals surface area contributed by atoms with Gasteiger partial charge in [-0.2, -0.15) is 13.2 Å². The van der Waals surface area contributed by atoms with Crippen molar-refractivity contribution in [3.63, 3.8) is 0 Å². The Hall–Kier alpha value is -2.15. The summed E-state index contributed by atoms with van der Waals surface area (Å²) in [6.07, 6.45) is -1.53. The highest BCUT2D eigenvalue weighted by Gasteiger charge is 2.40. The van der Waals surface area contributed by atoms with Gasteiger partial charge in [-0.25, -0.2) is 0 Å². The summed E-state index contributed by atoms with van der Waals surface area (Å²) in [5.41, 5.74) is -0.346. The maximum Gasteiger partial charge on any atom is 0.417 e. The second-order valence-corrected chi connectivity index (χ2v) is 7.03. The molecule has 0 radical (unpaired) electrons. The number of rotatable bonds is 4. The van der Waals surface area contributed by atoms with E-state index in [0.717, 1.165) is 25.2 Å². The number of likely N-dealkylation sites (tertiary alicyclic amines) is 1. The molecule has 0 bridgehead atoms. The Kier molecular flexibility index (Phi) is 4.14. The molecule has 0 aliphatic carbocycles. The standard InChI is InChI=1S/C19H20F3N3O/c1-24-15-5-4-12(6-9-25-7-2-3-8-25)10-13(15)17(19(20,21)22)16(18(24)26)14-11-23-14/h4-5,10H,2-3,6-9,11H2,1H3. The van der Waals surface area contributed by atoms with Gasteiger partial charge in [0.15, 0.2) is 0 Å². The summed E-state index contributed by atoms with van der Waals surface area (Å²) in [7, 11) is 1.52. The lowest BCUT2D eigenvalue weighted by atomic mass is 9.98. The van der Waals surface area contributed by atoms with Crippen LogP contribution in [0.1, 0.15) is 29.5 Å². The van der Waals surface area contributed by atoms with Gasteiger partial charge in [-0.3, -0.25) is 9.79 Å². The number of nitrogens with zero attached hydrogens (tertiary/aromatic N) is 3. The molecule has 0 atom stereocenters. The molecule has 3 heterocycles. The van der Waals surface area contributed by atoms with Crippen molar-refractivity contribution in [2.24, 2.45) is 12.0 Å². The third kappa shape index (κ3) is 3.05. The number of aromatic nitrogens is 1. The number of benzene rings is 1. The van der Waals surface area contributed by atoms with Gasteiger partial charge in [0, 0.05) is 19.0 Å². The average Bonchev–Trinajstić information content (AvgIpc) is 3.29. The number of fused-ring (bicyclic) bond motifs is 1. The first-order valence-electron chi connectivity index (χ1n) is 8.85. The molecule has 4 rings (SSSR count). The molecule has 1 aromatic carbocycles. The van der Waals surface area contributed by atoms with E-state index in [1.54, 1.807) is 12.1 Å². The molecule has 0 spiro atoms. The fourth-order valence-corrected chi connectivity index (χ4v) is 3.80. The van der Waals surface area contributed by atoms with Crippen molar-refractivity contribution in [3.05, 3.63) is 45.2 Å². The molecular weight excluding hydrogens is 343 g/mol. The molecule has 0 unspecified atom stereocenters. The highest BCUT2D eigenvalue weighted by atomic mass is 19.4. The molecule has 7 heteroatoms. The van der Waals surface area contributed by atoms with E-state index in [-0.39, 0.29) is 23.2 Å². The lowest BCUT2D eigenvalue weighted by Gasteiger charge is -2.18. The number of aliphatic imine (C=N–C) groups is 1. The molecule has 1 saturated heterocycles. The number of halogens is 3. The van der Waals surface area contributed by atoms with E-state index in [9.17, 15) is 18.0 Å². The zero-order valence-corrected chi connectivity index (χ0v) is 14.6. The normalized spacial score (nSPS) is 17.8. The van der Waals surface area contributed by atoms with Gasteiger partial charge >= 0.3 is 6.18 Å². The minimum atomic E-state index is -4.60. The Bertz CT molecular complexity index is 953. The van der Waals surface area contributed by atoms with E-state index in [1.165, 1.54) is 24.5 Å². The van der Waals surface area contributed by atoms with E-state index in [2.05, 4.69) is 9.89 Å². The van der Waals surface area contributed by atoms with Gasteiger partial charge < -0.3 is 9.47 Å². The van der Waals surface area contributed by atoms with E-state index in [0.29, 0.717) is 11.9 Å². The van der Waals surface area contributed by atoms with Crippen LogP contribution in [0, 0.1) is 0 Å². The smallest absolute Gasteiger partial charge is 0.311 e. The van der Waals surface area contributed by atoms with Crippen LogP contribution >= 0.6 is 0 Å². The molecule has 2 aliphatic heterocycles. The van der Waals surface area contributed by atoms with Crippen LogP contribution in [-0.4, -0.2) is 41.4 Å². The molecule has 26 heavy (non-hydrogen) atoms. The highest BCUT2D eigenvalue weighted by Crippen LogP contribution is 2.37. The topological polar surface area (TPSA) is 37.6 Å². The third-order valence-electron chi connectivity index (χ3n) is 5.26. The highest BCUT2D eigenvalue weighted by molar-refractivity contribution is 6.13. The third-order valence-corrected chi connectivity index (χ3v) is 5.26. The zero-order valence-electron chi connectivity index (χ0n) is 14.6. The second kappa shape index (κ2) is 6.23. The number of hydrogen-bond donors (Lipinski definition) is 0. The van der Waals surface area contributed by atoms with Crippen LogP contribution in [0.15, 0.2) is 28.0 Å². The summed E-state index contributed by atoms with van der Waals surface area (Å²) < 4.78 is 42.8. The first-order chi connectivity index (χ1) is 12.4. The fourth-order valence-electron chi connectivity index (χ4n) is 3.80. The van der Waals surface area contributed by atoms with Crippen molar-refractivity contribution in [2.75, 3.05) is 26.2 Å². The number of aryl methyl sites for hydroxylation is 1. The second-order valence-electron chi connectivity index (χ2n) is 7.03. The van der Waals surface area contributed by atoms with Crippen LogP contribution in [0.5, 0.6) is 0 Å². The molecule has 4 nitrogen and oxygen atoms in total. The van der Waals surface area contributed by atoms with Gasteiger partial charge in [0.2, 0.25) is 0 Å². The lowest BCUT2D eigenvalue weighted by molar-refractivity contribution is -0.136. The largest absolute Gasteiger partial charge is 0.417 e. The molecule has 0 amide bonds. The van der Waals surface area contributed by atoms with Crippen molar-refractivity contribution < 1.29 is 13.2 Å². The minimum absolute atomic E-state index is 0.0862. The summed E-state index contributed by atoms with van der Waals surface area (Å²) in [6, 6.07) is 5.05. The van der Waals surface area contributed by atoms with Gasteiger partial charge in [0.1, 0.15) is 0 Å². The summed E-state index contributed by atoms with van der Waals surface area (Å²) in [4.78, 5) is 18.7. The van der Waals surface area contributed by atoms with Gasteiger partial charge in [-0.1, -0.05) is 6.07 Å². The average molecular weight is 363 g/mol. The Morgan fingerprint density at radius 2 is 1.88 bits per heavy atom. The molecule has 1 aromatic heterocycles. The van der Waals surface area contributed by atoms with Gasteiger partial charge in [-0.05, 0) is 50.0 Å². The summed E-state index contributed by atoms with van der Waals surface area (Å²) in [5.74, 6) is 0. The number of alkyl halides is 3. The van der Waals surface area contributed by atoms with Crippen molar-refractivity contribution in [1.82, 2.24) is 9.47 Å². The quantitative estimate of drug-likeness (QED) is 0.838. The Balaban J connectivity index is 1.83. The van der Waals surface area contributed by atoms with E-state index in [1.807, 2.05) is 6.07 Å². The Morgan fingerprint density at radius 1 is 1.19 bits per heavy atom. The van der Waals surface area contributed by atoms with Crippen LogP contribution in [-0.2, 0) is 19.6 Å². The van der Waals surface area contributed by atoms with Gasteiger partial charge in [-0.15, -0.1) is 0 Å². The van der Waals surface area contributed by atoms with E-state index in [4.69, 9.17) is 0 Å². The summed E-state index contributed by atoms with van der Waals surface area (Å²) >= 11 is 0. The van der Waals surface area contributed by atoms with Gasteiger partial charge in [0.25, 0.3) is 5.56 Å². The molecule has 0 saturated carbocycles. The van der Waals surface area contributed by atoms with Crippen molar-refractivity contribution in [3.8, 4) is 0 Å². The fraction of sp³-hybridized carbons (Fsp3) is 0.474. The van der Waals surface area contributed by atoms with Crippen LogP contribution in [0.3, 0.4) is 0 Å². The predicted molar refractivity (Wildman–Crippen MR) is 95.0 cm³/mol. The Labute approximate surface area is 148 Å². The molecule has 0 N–H and O–H groups in total. The maximum absolute atomic E-state index is 13.8. The molecule has 138 valence electrons. The first kappa shape index (κ1) is 17.3. The van der Waals surface area contributed by atoms with E-state index >= 15 is 0 Å². The SMILES string of the molecule is Cn1c(=O)c(C2=NC2)c(C(F)(F)F)c2cc(CCN3CCCC3)ccc21. The predicted octanol–water partition coefficient (Wildman–Crippen LogP) is 3.00. The molecule has 2 aromatic rings. The van der Waals surface area contributed by atoms with Crippen LogP contribution < -0.4 is 5.56 Å². The molecule has 1 fully saturated rings. The first-order valence-corrected chi connectivity index (χ1v) is 8.85. The Morgan fingerprint density at radius 3 is 2.50 bits per heavy atom. The number of hydrogen-bond acceptors (Lipinski definition) is 3. The number of pyridine rings is 1. The van der Waals surface area contributed by atoms with Crippen LogP contribution in [0.25, 0.3) is 10.9 Å². The van der Waals surface area contributed by atoms with Crippen LogP contribution in [0.4, 0.5) is 13.2 Å². The van der Waals surface area contributed by atoms with Crippen molar-refractivity contribution in [2.45, 2.75) is 25.4 Å². The van der Waals surface area contributed by atoms with Crippen molar-refractivity contribution >= 4 is 16.6 Å². The van der Waals surface area contributed by atoms with Gasteiger partial charge in [0.05, 0.1) is 28.9 Å². The monoisotopic (exact) mass is 363 g/mol. The van der Waals surface area contributed by atoms with E-state index < -0.39 is 17.3 Å². The summed E-state index contributed by atoms with van der Waals surface area (Å²) in [6.45, 7) is 3.16. The molecular formula is C19H20F3N3O. The van der Waals surface area contributed by atoms with Crippen molar-refractivity contribution in [1.29, 1.82) is 0 Å². The molecule has 2 aliphatic rings.